The third-order valence-corrected chi connectivity index (χ3v) is 2.93. The molecule has 0 fully saturated rings. The van der Waals surface area contributed by atoms with Crippen molar-refractivity contribution in [2.24, 2.45) is 10.9 Å². The Labute approximate surface area is 135 Å². The largest absolute Gasteiger partial charge is 0.378 e. The first-order valence-corrected chi connectivity index (χ1v) is 6.44. The van der Waals surface area contributed by atoms with Crippen LogP contribution in [0.1, 0.15) is 5.56 Å². The predicted molar refractivity (Wildman–Crippen MR) is 91.3 cm³/mol. The van der Waals surface area contributed by atoms with Crippen LogP contribution >= 0.6 is 0 Å². The van der Waals surface area contributed by atoms with E-state index in [2.05, 4.69) is 18.2 Å². The molecule has 23 heavy (non-hydrogen) atoms. The van der Waals surface area contributed by atoms with Gasteiger partial charge in [-0.2, -0.15) is 5.10 Å². The number of benzene rings is 2. The molecule has 2 aromatic carbocycles. The lowest BCUT2D eigenvalue weighted by atomic mass is 10.0. The highest BCUT2D eigenvalue weighted by molar-refractivity contribution is 5.81. The molecule has 2 aromatic rings. The highest BCUT2D eigenvalue weighted by atomic mass is 19.1. The van der Waals surface area contributed by atoms with E-state index in [-0.39, 0.29) is 5.82 Å². The smallest absolute Gasteiger partial charge is 0.132 e. The molecule has 0 unspecified atom stereocenters. The molecular weight excluding hydrogens is 293 g/mol. The zero-order chi connectivity index (χ0) is 17.8. The highest BCUT2D eigenvalue weighted by Crippen LogP contribution is 2.24. The molecule has 2 rings (SSSR count). The first-order valence-electron chi connectivity index (χ1n) is 6.44. The van der Waals surface area contributed by atoms with Crippen LogP contribution < -0.4 is 10.7 Å². The zero-order valence-corrected chi connectivity index (χ0v) is 13.0. The van der Waals surface area contributed by atoms with E-state index in [0.717, 1.165) is 16.8 Å². The molecule has 0 aliphatic carbocycles. The second kappa shape index (κ2) is 10.4. The van der Waals surface area contributed by atoms with E-state index >= 15 is 0 Å². The summed E-state index contributed by atoms with van der Waals surface area (Å²) in [6, 6.07) is 13.0. The van der Waals surface area contributed by atoms with Crippen LogP contribution in [0.3, 0.4) is 0 Å². The molecule has 0 spiro atoms. The topological polar surface area (TPSA) is 89.2 Å². The maximum Gasteiger partial charge on any atom is 0.132 e. The van der Waals surface area contributed by atoms with Crippen molar-refractivity contribution in [1.82, 2.24) is 0 Å². The summed E-state index contributed by atoms with van der Waals surface area (Å²) in [6.45, 7) is 7.00. The number of hydrogen-bond donors (Lipinski definition) is 1. The number of hydrazone groups is 1. The van der Waals surface area contributed by atoms with Crippen molar-refractivity contribution < 1.29 is 4.39 Å². The fourth-order valence-electron chi connectivity index (χ4n) is 1.84. The Balaban J connectivity index is 0.00000112. The number of nitrogens with zero attached hydrogens (tertiary/aromatic N) is 4. The summed E-state index contributed by atoms with van der Waals surface area (Å²) < 4.78 is 13.8. The van der Waals surface area contributed by atoms with E-state index < -0.39 is 0 Å². The highest BCUT2D eigenvalue weighted by Gasteiger charge is 2.04. The van der Waals surface area contributed by atoms with Crippen LogP contribution in [0, 0.1) is 29.5 Å². The number of rotatable bonds is 3. The molecular formula is C17H18FN5. The van der Waals surface area contributed by atoms with Crippen molar-refractivity contribution >= 4 is 11.9 Å². The molecule has 0 heterocycles. The average molecular weight is 311 g/mol. The van der Waals surface area contributed by atoms with E-state index in [1.807, 2.05) is 49.3 Å². The van der Waals surface area contributed by atoms with Crippen LogP contribution in [0.15, 0.2) is 47.6 Å². The summed E-state index contributed by atoms with van der Waals surface area (Å²) in [5, 5.41) is 16.3. The van der Waals surface area contributed by atoms with Crippen LogP contribution in [0.25, 0.3) is 11.1 Å². The molecule has 0 saturated heterocycles. The van der Waals surface area contributed by atoms with Gasteiger partial charge < -0.3 is 10.7 Å². The summed E-state index contributed by atoms with van der Waals surface area (Å²) >= 11 is 0. The summed E-state index contributed by atoms with van der Waals surface area (Å²) in [6.07, 6.45) is 1.30. The van der Waals surface area contributed by atoms with Crippen LogP contribution in [0.2, 0.25) is 0 Å². The minimum absolute atomic E-state index is 0.330. The Kier molecular flexibility index (Phi) is 8.84. The van der Waals surface area contributed by atoms with Crippen molar-refractivity contribution in [1.29, 1.82) is 10.5 Å². The van der Waals surface area contributed by atoms with Crippen molar-refractivity contribution in [3.8, 4) is 24.3 Å². The van der Waals surface area contributed by atoms with Crippen molar-refractivity contribution in [2.75, 3.05) is 19.0 Å². The lowest BCUT2D eigenvalue weighted by Gasteiger charge is -2.12. The molecule has 0 atom stereocenters. The summed E-state index contributed by atoms with van der Waals surface area (Å²) in [7, 11) is 3.96. The van der Waals surface area contributed by atoms with E-state index in [1.54, 1.807) is 6.07 Å². The molecule has 118 valence electrons. The molecule has 0 bridgehead atoms. The number of hydrogen-bond acceptors (Lipinski definition) is 5. The van der Waals surface area contributed by atoms with Gasteiger partial charge in [-0.3, -0.25) is 0 Å². The van der Waals surface area contributed by atoms with Gasteiger partial charge in [-0.15, -0.1) is 0 Å². The Morgan fingerprint density at radius 2 is 1.52 bits per heavy atom. The molecule has 0 aliphatic rings. The quantitative estimate of drug-likeness (QED) is 0.536. The van der Waals surface area contributed by atoms with Crippen molar-refractivity contribution in [3.05, 3.63) is 53.8 Å². The average Bonchev–Trinajstić information content (AvgIpc) is 2.60. The first-order chi connectivity index (χ1) is 11.1. The van der Waals surface area contributed by atoms with E-state index in [4.69, 9.17) is 16.4 Å². The van der Waals surface area contributed by atoms with Gasteiger partial charge in [0.2, 0.25) is 0 Å². The van der Waals surface area contributed by atoms with Gasteiger partial charge in [0.05, 0.1) is 6.21 Å². The molecule has 6 heteroatoms. The molecule has 2 N–H and O–H groups in total. The van der Waals surface area contributed by atoms with Crippen LogP contribution in [0.5, 0.6) is 0 Å². The fraction of sp³-hybridized carbons (Fsp3) is 0.118. The normalized spacial score (nSPS) is 9.17. The van der Waals surface area contributed by atoms with Gasteiger partial charge in [-0.05, 0) is 35.4 Å². The molecule has 0 saturated carbocycles. The third-order valence-electron chi connectivity index (χ3n) is 2.93. The van der Waals surface area contributed by atoms with Gasteiger partial charge >= 0.3 is 0 Å². The summed E-state index contributed by atoms with van der Waals surface area (Å²) in [5.74, 6) is 4.69. The standard InChI is InChI=1S/C15H16FN3.2CHN/c1-19(2)14-7-5-11(6-8-14)12-3-4-13(10-18-17)15(16)9-12;2*1-2/h3-10H,17H2,1-2H3;2*1H. The predicted octanol–water partition coefficient (Wildman–Crippen LogP) is 3.13. The van der Waals surface area contributed by atoms with Gasteiger partial charge in [0.1, 0.15) is 5.82 Å². The second-order valence-electron chi connectivity index (χ2n) is 4.46. The molecule has 0 aliphatic heterocycles. The maximum absolute atomic E-state index is 13.8. The lowest BCUT2D eigenvalue weighted by Crippen LogP contribution is -2.07. The first kappa shape index (κ1) is 19.6. The number of nitrogens with two attached hydrogens (primary N) is 1. The molecule has 0 aromatic heterocycles. The monoisotopic (exact) mass is 311 g/mol. The minimum Gasteiger partial charge on any atom is -0.378 e. The van der Waals surface area contributed by atoms with Gasteiger partial charge in [0.15, 0.2) is 0 Å². The van der Waals surface area contributed by atoms with Gasteiger partial charge in [0.25, 0.3) is 0 Å². The minimum atomic E-state index is -0.330. The third kappa shape index (κ3) is 5.49. The lowest BCUT2D eigenvalue weighted by molar-refractivity contribution is 0.626. The van der Waals surface area contributed by atoms with E-state index in [1.165, 1.54) is 12.3 Å². The van der Waals surface area contributed by atoms with E-state index in [0.29, 0.717) is 5.56 Å². The number of halogens is 1. The maximum atomic E-state index is 13.8. The molecule has 5 nitrogen and oxygen atoms in total. The Bertz CT molecular complexity index is 666. The van der Waals surface area contributed by atoms with E-state index in [9.17, 15) is 4.39 Å². The SMILES string of the molecule is C#N.C#N.CN(C)c1ccc(-c2ccc(C=NN)c(F)c2)cc1. The molecule has 0 radical (unpaired) electrons. The Morgan fingerprint density at radius 3 is 1.96 bits per heavy atom. The Morgan fingerprint density at radius 1 is 1.00 bits per heavy atom. The van der Waals surface area contributed by atoms with Gasteiger partial charge in [0, 0.05) is 38.5 Å². The summed E-state index contributed by atoms with van der Waals surface area (Å²) in [5.41, 5.74) is 3.30. The Hall–Kier alpha value is -3.38. The van der Waals surface area contributed by atoms with Crippen LogP contribution in [-0.2, 0) is 0 Å². The van der Waals surface area contributed by atoms with Crippen molar-refractivity contribution in [3.63, 3.8) is 0 Å². The fourth-order valence-corrected chi connectivity index (χ4v) is 1.84. The summed E-state index contributed by atoms with van der Waals surface area (Å²) in [4.78, 5) is 2.02. The van der Waals surface area contributed by atoms with Crippen LogP contribution in [-0.4, -0.2) is 20.3 Å². The number of anilines is 1. The van der Waals surface area contributed by atoms with Crippen molar-refractivity contribution in [2.45, 2.75) is 0 Å². The molecule has 0 amide bonds. The second-order valence-corrected chi connectivity index (χ2v) is 4.46. The number of nitriles is 2. The van der Waals surface area contributed by atoms with Gasteiger partial charge in [-0.1, -0.05) is 18.2 Å². The van der Waals surface area contributed by atoms with Gasteiger partial charge in [-0.25, -0.2) is 14.9 Å². The van der Waals surface area contributed by atoms with Crippen LogP contribution in [0.4, 0.5) is 10.1 Å². The zero-order valence-electron chi connectivity index (χ0n) is 13.0.